The maximum atomic E-state index is 5.71. The molecule has 0 radical (unpaired) electrons. The van der Waals surface area contributed by atoms with Gasteiger partial charge >= 0.3 is 0 Å². The molecule has 1 heterocycles. The average molecular weight is 259 g/mol. The summed E-state index contributed by atoms with van der Waals surface area (Å²) in [5, 5.41) is 3.39. The van der Waals surface area contributed by atoms with E-state index in [2.05, 4.69) is 26.1 Å². The van der Waals surface area contributed by atoms with Gasteiger partial charge in [0.25, 0.3) is 0 Å². The number of ether oxygens (including phenoxy) is 1. The highest BCUT2D eigenvalue weighted by molar-refractivity contribution is 5.21. The van der Waals surface area contributed by atoms with Crippen molar-refractivity contribution in [2.24, 2.45) is 0 Å². The summed E-state index contributed by atoms with van der Waals surface area (Å²) in [6, 6.07) is 13.7. The van der Waals surface area contributed by atoms with Crippen LogP contribution in [-0.2, 0) is 13.2 Å². The molecular weight excluding hydrogens is 238 g/mol. The molecular formula is C16H21NO2. The molecule has 1 N–H and O–H groups in total. The Labute approximate surface area is 114 Å². The zero-order valence-corrected chi connectivity index (χ0v) is 11.8. The molecule has 0 bridgehead atoms. The third-order valence-corrected chi connectivity index (χ3v) is 2.63. The molecule has 2 rings (SSSR count). The van der Waals surface area contributed by atoms with E-state index in [1.54, 1.807) is 0 Å². The number of nitrogens with one attached hydrogen (secondary N) is 1. The lowest BCUT2D eigenvalue weighted by Gasteiger charge is -2.19. The Kier molecular flexibility index (Phi) is 4.27. The lowest BCUT2D eigenvalue weighted by molar-refractivity contribution is 0.263. The molecule has 0 atom stereocenters. The van der Waals surface area contributed by atoms with Gasteiger partial charge in [0.1, 0.15) is 23.9 Å². The normalized spacial score (nSPS) is 11.5. The largest absolute Gasteiger partial charge is 0.486 e. The number of hydrogen-bond donors (Lipinski definition) is 1. The molecule has 0 spiro atoms. The van der Waals surface area contributed by atoms with E-state index in [9.17, 15) is 0 Å². The van der Waals surface area contributed by atoms with E-state index < -0.39 is 0 Å². The van der Waals surface area contributed by atoms with Crippen LogP contribution < -0.4 is 10.1 Å². The molecule has 2 aromatic rings. The van der Waals surface area contributed by atoms with Gasteiger partial charge in [0.15, 0.2) is 0 Å². The minimum atomic E-state index is 0.0908. The monoisotopic (exact) mass is 259 g/mol. The van der Waals surface area contributed by atoms with Crippen LogP contribution in [0.2, 0.25) is 0 Å². The first kappa shape index (κ1) is 13.7. The third kappa shape index (κ3) is 4.79. The molecule has 3 nitrogen and oxygen atoms in total. The van der Waals surface area contributed by atoms with Gasteiger partial charge < -0.3 is 14.5 Å². The fourth-order valence-electron chi connectivity index (χ4n) is 1.62. The van der Waals surface area contributed by atoms with Crippen molar-refractivity contribution in [3.63, 3.8) is 0 Å². The molecule has 102 valence electrons. The summed E-state index contributed by atoms with van der Waals surface area (Å²) in [6.07, 6.45) is 0. The minimum Gasteiger partial charge on any atom is -0.486 e. The van der Waals surface area contributed by atoms with Crippen LogP contribution >= 0.6 is 0 Å². The highest BCUT2D eigenvalue weighted by Gasteiger charge is 2.10. The van der Waals surface area contributed by atoms with Crippen LogP contribution in [0.15, 0.2) is 46.9 Å². The molecule has 1 aromatic carbocycles. The summed E-state index contributed by atoms with van der Waals surface area (Å²) in [6.45, 7) is 7.59. The summed E-state index contributed by atoms with van der Waals surface area (Å²) in [5.41, 5.74) is 0.0908. The van der Waals surface area contributed by atoms with E-state index in [0.717, 1.165) is 23.8 Å². The maximum Gasteiger partial charge on any atom is 0.146 e. The predicted molar refractivity (Wildman–Crippen MR) is 76.1 cm³/mol. The molecule has 3 heteroatoms. The molecule has 0 aliphatic carbocycles. The lowest BCUT2D eigenvalue weighted by atomic mass is 10.1. The predicted octanol–water partition coefficient (Wildman–Crippen LogP) is 3.75. The second kappa shape index (κ2) is 5.93. The van der Waals surface area contributed by atoms with Crippen molar-refractivity contribution in [1.82, 2.24) is 5.32 Å². The Morgan fingerprint density at radius 2 is 1.68 bits per heavy atom. The van der Waals surface area contributed by atoms with E-state index in [0.29, 0.717) is 6.61 Å². The Balaban J connectivity index is 1.84. The van der Waals surface area contributed by atoms with E-state index in [1.807, 2.05) is 42.5 Å². The zero-order chi connectivity index (χ0) is 13.7. The van der Waals surface area contributed by atoms with Gasteiger partial charge in [-0.15, -0.1) is 0 Å². The number of para-hydroxylation sites is 1. The van der Waals surface area contributed by atoms with Crippen LogP contribution in [-0.4, -0.2) is 5.54 Å². The van der Waals surface area contributed by atoms with Crippen molar-refractivity contribution >= 4 is 0 Å². The third-order valence-electron chi connectivity index (χ3n) is 2.63. The van der Waals surface area contributed by atoms with Crippen molar-refractivity contribution in [2.75, 3.05) is 0 Å². The first-order valence-electron chi connectivity index (χ1n) is 6.53. The smallest absolute Gasteiger partial charge is 0.146 e. The summed E-state index contributed by atoms with van der Waals surface area (Å²) in [7, 11) is 0. The quantitative estimate of drug-likeness (QED) is 0.888. The van der Waals surface area contributed by atoms with E-state index >= 15 is 0 Å². The number of hydrogen-bond acceptors (Lipinski definition) is 3. The number of rotatable bonds is 5. The molecule has 0 aliphatic heterocycles. The number of benzene rings is 1. The number of furan rings is 1. The molecule has 0 saturated carbocycles. The molecule has 0 amide bonds. The SMILES string of the molecule is CC(C)(C)NCc1ccc(COc2ccccc2)o1. The van der Waals surface area contributed by atoms with Crippen molar-refractivity contribution in [1.29, 1.82) is 0 Å². The summed E-state index contributed by atoms with van der Waals surface area (Å²) >= 11 is 0. The van der Waals surface area contributed by atoms with Crippen LogP contribution in [0, 0.1) is 0 Å². The van der Waals surface area contributed by atoms with Gasteiger partial charge in [-0.05, 0) is 45.0 Å². The molecule has 19 heavy (non-hydrogen) atoms. The standard InChI is InChI=1S/C16H21NO2/c1-16(2,3)17-11-14-9-10-15(19-14)12-18-13-7-5-4-6-8-13/h4-10,17H,11-12H2,1-3H3. The molecule has 1 aromatic heterocycles. The molecule has 0 fully saturated rings. The Morgan fingerprint density at radius 3 is 2.37 bits per heavy atom. The first-order valence-corrected chi connectivity index (χ1v) is 6.53. The van der Waals surface area contributed by atoms with E-state index in [4.69, 9.17) is 9.15 Å². The van der Waals surface area contributed by atoms with Gasteiger partial charge in [-0.3, -0.25) is 0 Å². The Morgan fingerprint density at radius 1 is 1.00 bits per heavy atom. The summed E-state index contributed by atoms with van der Waals surface area (Å²) in [5.74, 6) is 2.63. The molecule has 0 saturated heterocycles. The van der Waals surface area contributed by atoms with E-state index in [-0.39, 0.29) is 5.54 Å². The van der Waals surface area contributed by atoms with Crippen molar-refractivity contribution in [3.05, 3.63) is 54.0 Å². The summed E-state index contributed by atoms with van der Waals surface area (Å²) < 4.78 is 11.3. The van der Waals surface area contributed by atoms with Gasteiger partial charge in [-0.1, -0.05) is 18.2 Å². The fraction of sp³-hybridized carbons (Fsp3) is 0.375. The molecule has 0 aliphatic rings. The Bertz CT molecular complexity index is 497. The topological polar surface area (TPSA) is 34.4 Å². The van der Waals surface area contributed by atoms with Crippen LogP contribution in [0.5, 0.6) is 5.75 Å². The van der Waals surface area contributed by atoms with Crippen LogP contribution in [0.25, 0.3) is 0 Å². The second-order valence-electron chi connectivity index (χ2n) is 5.57. The highest BCUT2D eigenvalue weighted by Crippen LogP contribution is 2.14. The zero-order valence-electron chi connectivity index (χ0n) is 11.8. The van der Waals surface area contributed by atoms with Crippen molar-refractivity contribution < 1.29 is 9.15 Å². The first-order chi connectivity index (χ1) is 9.03. The fourth-order valence-corrected chi connectivity index (χ4v) is 1.62. The highest BCUT2D eigenvalue weighted by atomic mass is 16.5. The maximum absolute atomic E-state index is 5.71. The molecule has 0 unspecified atom stereocenters. The Hall–Kier alpha value is -1.74. The van der Waals surface area contributed by atoms with Gasteiger partial charge in [0.2, 0.25) is 0 Å². The van der Waals surface area contributed by atoms with Crippen molar-refractivity contribution in [2.45, 2.75) is 39.5 Å². The summed E-state index contributed by atoms with van der Waals surface area (Å²) in [4.78, 5) is 0. The average Bonchev–Trinajstić information content (AvgIpc) is 2.82. The van der Waals surface area contributed by atoms with Crippen molar-refractivity contribution in [3.8, 4) is 5.75 Å². The minimum absolute atomic E-state index is 0.0908. The van der Waals surface area contributed by atoms with Gasteiger partial charge in [-0.25, -0.2) is 0 Å². The second-order valence-corrected chi connectivity index (χ2v) is 5.57. The van der Waals surface area contributed by atoms with Crippen LogP contribution in [0.4, 0.5) is 0 Å². The van der Waals surface area contributed by atoms with Gasteiger partial charge in [0.05, 0.1) is 6.54 Å². The van der Waals surface area contributed by atoms with Gasteiger partial charge in [0, 0.05) is 5.54 Å². The van der Waals surface area contributed by atoms with E-state index in [1.165, 1.54) is 0 Å². The van der Waals surface area contributed by atoms with Crippen LogP contribution in [0.1, 0.15) is 32.3 Å². The lowest BCUT2D eigenvalue weighted by Crippen LogP contribution is -2.34. The van der Waals surface area contributed by atoms with Gasteiger partial charge in [-0.2, -0.15) is 0 Å². The van der Waals surface area contributed by atoms with Crippen LogP contribution in [0.3, 0.4) is 0 Å².